The number of nitrogens with zero attached hydrogens (tertiary/aromatic N) is 3. The highest BCUT2D eigenvalue weighted by atomic mass is 19.1. The Hall–Kier alpha value is -3.35. The molecule has 0 aliphatic carbocycles. The lowest BCUT2D eigenvalue weighted by Crippen LogP contribution is -2.36. The smallest absolute Gasteiger partial charge is 0.414 e. The lowest BCUT2D eigenvalue weighted by Gasteiger charge is -2.30. The van der Waals surface area contributed by atoms with E-state index in [1.807, 2.05) is 19.9 Å². The molecule has 2 amide bonds. The minimum atomic E-state index is -1.34. The summed E-state index contributed by atoms with van der Waals surface area (Å²) < 4.78 is 39.3. The number of anilines is 2. The second-order valence-electron chi connectivity index (χ2n) is 8.11. The first-order chi connectivity index (χ1) is 15.3. The Kier molecular flexibility index (Phi) is 7.51. The summed E-state index contributed by atoms with van der Waals surface area (Å²) in [5, 5.41) is 11.3. The predicted molar refractivity (Wildman–Crippen MR) is 114 cm³/mol. The monoisotopic (exact) mass is 448 g/mol. The summed E-state index contributed by atoms with van der Waals surface area (Å²) in [4.78, 5) is 26.7. The molecule has 0 radical (unpaired) electrons. The van der Waals surface area contributed by atoms with Crippen molar-refractivity contribution in [1.29, 1.82) is 5.26 Å². The molecule has 0 spiro atoms. The summed E-state index contributed by atoms with van der Waals surface area (Å²) in [5.74, 6) is -0.395. The highest BCUT2D eigenvalue weighted by Crippen LogP contribution is 2.30. The molecule has 2 aliphatic heterocycles. The van der Waals surface area contributed by atoms with Crippen LogP contribution in [-0.2, 0) is 9.47 Å². The molecule has 2 heterocycles. The quantitative estimate of drug-likeness (QED) is 0.642. The first-order valence-electron chi connectivity index (χ1n) is 10.4. The number of benzene rings is 1. The van der Waals surface area contributed by atoms with Crippen LogP contribution in [0.3, 0.4) is 0 Å². The van der Waals surface area contributed by atoms with Crippen molar-refractivity contribution in [2.45, 2.75) is 32.5 Å². The van der Waals surface area contributed by atoms with Crippen LogP contribution in [0.15, 0.2) is 29.8 Å². The van der Waals surface area contributed by atoms with Gasteiger partial charge in [-0.25, -0.2) is 18.4 Å². The average molecular weight is 448 g/mol. The van der Waals surface area contributed by atoms with Crippen LogP contribution in [0.5, 0.6) is 0 Å². The van der Waals surface area contributed by atoms with Gasteiger partial charge in [0.2, 0.25) is 0 Å². The summed E-state index contributed by atoms with van der Waals surface area (Å²) in [7, 11) is 0. The molecule has 1 unspecified atom stereocenters. The summed E-state index contributed by atoms with van der Waals surface area (Å²) in [6, 6.07) is 6.18. The number of ether oxygens (including phenoxy) is 2. The molecule has 0 saturated carbocycles. The number of nitriles is 1. The number of alkyl halides is 1. The predicted octanol–water partition coefficient (Wildman–Crippen LogP) is 3.53. The number of cyclic esters (lactones) is 1. The topological polar surface area (TPSA) is 94.9 Å². The zero-order valence-corrected chi connectivity index (χ0v) is 18.0. The lowest BCUT2D eigenvalue weighted by molar-refractivity contribution is 0.118. The fourth-order valence-electron chi connectivity index (χ4n) is 3.46. The van der Waals surface area contributed by atoms with Crippen molar-refractivity contribution in [3.63, 3.8) is 0 Å². The highest BCUT2D eigenvalue weighted by Gasteiger charge is 2.33. The van der Waals surface area contributed by atoms with Crippen molar-refractivity contribution in [3.05, 3.63) is 35.7 Å². The molecule has 1 fully saturated rings. The number of carbonyl (C=O) groups excluding carboxylic acids is 2. The fraction of sp³-hybridized carbons (Fsp3) is 0.500. The molecule has 1 saturated heterocycles. The van der Waals surface area contributed by atoms with E-state index in [4.69, 9.17) is 14.7 Å². The summed E-state index contributed by atoms with van der Waals surface area (Å²) in [5.41, 5.74) is 0.923. The van der Waals surface area contributed by atoms with E-state index >= 15 is 0 Å². The zero-order chi connectivity index (χ0) is 23.3. The highest BCUT2D eigenvalue weighted by molar-refractivity contribution is 5.90. The first kappa shape index (κ1) is 23.3. The van der Waals surface area contributed by atoms with Crippen molar-refractivity contribution in [2.75, 3.05) is 42.6 Å². The molecule has 0 aromatic heterocycles. The van der Waals surface area contributed by atoms with E-state index in [1.54, 1.807) is 17.0 Å². The summed E-state index contributed by atoms with van der Waals surface area (Å²) >= 11 is 0. The summed E-state index contributed by atoms with van der Waals surface area (Å²) in [6.07, 6.45) is -1.56. The van der Waals surface area contributed by atoms with Crippen molar-refractivity contribution >= 4 is 23.6 Å². The van der Waals surface area contributed by atoms with E-state index in [0.717, 1.165) is 0 Å². The number of hydrogen-bond acceptors (Lipinski definition) is 6. The average Bonchev–Trinajstić information content (AvgIpc) is 3.13. The molecule has 32 heavy (non-hydrogen) atoms. The minimum Gasteiger partial charge on any atom is -0.449 e. The molecule has 2 aliphatic rings. The standard InChI is InChI=1S/C22H26F2N4O4/c1-14(2)13-31-21(29)26-10-17-11-28(22(30)32-17)16-3-4-20(18(23)9-16)27-8-6-15(5-7-25)19(24)12-27/h3-4,6,9,14,17,19H,5,8,10-13H2,1-2H3,(H,26,29)/t17-,19?/m0/s1. The number of amides is 2. The van der Waals surface area contributed by atoms with E-state index in [-0.39, 0.29) is 44.3 Å². The lowest BCUT2D eigenvalue weighted by atomic mass is 10.0. The van der Waals surface area contributed by atoms with Gasteiger partial charge in [-0.1, -0.05) is 19.9 Å². The number of carbonyl (C=O) groups is 2. The zero-order valence-electron chi connectivity index (χ0n) is 18.0. The molecule has 0 bridgehead atoms. The second kappa shape index (κ2) is 10.3. The molecule has 10 heteroatoms. The number of alkyl carbamates (subject to hydrolysis) is 1. The molecule has 1 aromatic carbocycles. The van der Waals surface area contributed by atoms with Crippen LogP contribution in [0.1, 0.15) is 20.3 Å². The van der Waals surface area contributed by atoms with Gasteiger partial charge in [0.05, 0.1) is 50.1 Å². The molecule has 2 atom stereocenters. The number of halogens is 2. The van der Waals surface area contributed by atoms with Gasteiger partial charge < -0.3 is 19.7 Å². The van der Waals surface area contributed by atoms with Crippen molar-refractivity contribution in [2.24, 2.45) is 5.92 Å². The van der Waals surface area contributed by atoms with Gasteiger partial charge in [0.25, 0.3) is 0 Å². The van der Waals surface area contributed by atoms with E-state index < -0.39 is 30.3 Å². The maximum atomic E-state index is 14.8. The Balaban J connectivity index is 1.59. The Morgan fingerprint density at radius 3 is 2.84 bits per heavy atom. The Morgan fingerprint density at radius 1 is 1.41 bits per heavy atom. The van der Waals surface area contributed by atoms with Crippen LogP contribution in [-0.4, -0.2) is 57.2 Å². The molecule has 8 nitrogen and oxygen atoms in total. The van der Waals surface area contributed by atoms with Crippen LogP contribution >= 0.6 is 0 Å². The molecule has 3 rings (SSSR count). The van der Waals surface area contributed by atoms with Gasteiger partial charge in [-0.15, -0.1) is 0 Å². The molecule has 1 aromatic rings. The summed E-state index contributed by atoms with van der Waals surface area (Å²) in [6.45, 7) is 4.57. The Labute approximate surface area is 185 Å². The first-order valence-corrected chi connectivity index (χ1v) is 10.4. The Morgan fingerprint density at radius 2 is 2.19 bits per heavy atom. The number of nitrogens with one attached hydrogen (secondary N) is 1. The normalized spacial score (nSPS) is 20.6. The van der Waals surface area contributed by atoms with Crippen molar-refractivity contribution in [3.8, 4) is 6.07 Å². The van der Waals surface area contributed by atoms with E-state index in [2.05, 4.69) is 5.32 Å². The minimum absolute atomic E-state index is 0.0129. The molecular weight excluding hydrogens is 422 g/mol. The van der Waals surface area contributed by atoms with Gasteiger partial charge in [-0.05, 0) is 29.7 Å². The largest absolute Gasteiger partial charge is 0.449 e. The van der Waals surface area contributed by atoms with Crippen LogP contribution in [0.25, 0.3) is 0 Å². The van der Waals surface area contributed by atoms with Crippen LogP contribution in [0.4, 0.5) is 29.7 Å². The SMILES string of the molecule is CC(C)COC(=O)NC[C@H]1CN(c2ccc(N3CC=C(CC#N)C(F)C3)c(F)c2)C(=O)O1. The van der Waals surface area contributed by atoms with Gasteiger partial charge in [0.15, 0.2) is 0 Å². The van der Waals surface area contributed by atoms with E-state index in [0.29, 0.717) is 17.8 Å². The van der Waals surface area contributed by atoms with Crippen molar-refractivity contribution < 1.29 is 27.8 Å². The fourth-order valence-corrected chi connectivity index (χ4v) is 3.46. The van der Waals surface area contributed by atoms with Gasteiger partial charge >= 0.3 is 12.2 Å². The maximum Gasteiger partial charge on any atom is 0.414 e. The van der Waals surface area contributed by atoms with E-state index in [9.17, 15) is 18.4 Å². The third-order valence-corrected chi connectivity index (χ3v) is 5.12. The number of hydrogen-bond donors (Lipinski definition) is 1. The van der Waals surface area contributed by atoms with Gasteiger partial charge in [0.1, 0.15) is 18.1 Å². The molecular formula is C22H26F2N4O4. The molecule has 1 N–H and O–H groups in total. The van der Waals surface area contributed by atoms with Gasteiger partial charge in [-0.3, -0.25) is 4.90 Å². The molecule has 172 valence electrons. The van der Waals surface area contributed by atoms with E-state index in [1.165, 1.54) is 17.0 Å². The second-order valence-corrected chi connectivity index (χ2v) is 8.11. The third-order valence-electron chi connectivity index (χ3n) is 5.12. The third kappa shape index (κ3) is 5.66. The van der Waals surface area contributed by atoms with Crippen molar-refractivity contribution in [1.82, 2.24) is 5.32 Å². The number of rotatable bonds is 7. The van der Waals surface area contributed by atoms with Gasteiger partial charge in [-0.2, -0.15) is 5.26 Å². The maximum absolute atomic E-state index is 14.8. The Bertz CT molecular complexity index is 931. The van der Waals surface area contributed by atoms with Gasteiger partial charge in [0, 0.05) is 6.54 Å². The van der Waals surface area contributed by atoms with Crippen LogP contribution in [0.2, 0.25) is 0 Å². The van der Waals surface area contributed by atoms with Crippen LogP contribution in [0, 0.1) is 23.1 Å². The van der Waals surface area contributed by atoms with Crippen LogP contribution < -0.4 is 15.1 Å².